The predicted octanol–water partition coefficient (Wildman–Crippen LogP) is 3.73. The molecule has 2 atom stereocenters. The second kappa shape index (κ2) is 6.43. The van der Waals surface area contributed by atoms with Gasteiger partial charge in [-0.3, -0.25) is 9.48 Å². The molecule has 2 aliphatic rings. The maximum absolute atomic E-state index is 13.1. The second-order valence-electron chi connectivity index (χ2n) is 7.34. The first kappa shape index (κ1) is 15.6. The van der Waals surface area contributed by atoms with Crippen LogP contribution in [0.4, 0.5) is 0 Å². The van der Waals surface area contributed by atoms with Crippen LogP contribution in [0.25, 0.3) is 0 Å². The monoisotopic (exact) mass is 303 g/mol. The number of hydrogen-bond acceptors (Lipinski definition) is 2. The lowest BCUT2D eigenvalue weighted by molar-refractivity contribution is 0.0558. The minimum atomic E-state index is 0.195. The fourth-order valence-corrected chi connectivity index (χ4v) is 4.16. The molecule has 0 bridgehead atoms. The molecule has 1 aliphatic carbocycles. The molecule has 4 nitrogen and oxygen atoms in total. The van der Waals surface area contributed by atoms with E-state index in [-0.39, 0.29) is 5.91 Å². The van der Waals surface area contributed by atoms with Crippen molar-refractivity contribution in [2.45, 2.75) is 70.8 Å². The molecular formula is C18H29N3O. The zero-order chi connectivity index (χ0) is 15.7. The Balaban J connectivity index is 1.86. The van der Waals surface area contributed by atoms with E-state index < -0.39 is 0 Å². The van der Waals surface area contributed by atoms with E-state index in [2.05, 4.69) is 23.8 Å². The van der Waals surface area contributed by atoms with Crippen molar-refractivity contribution in [1.29, 1.82) is 0 Å². The number of aromatic nitrogens is 2. The van der Waals surface area contributed by atoms with Crippen molar-refractivity contribution >= 4 is 5.91 Å². The zero-order valence-electron chi connectivity index (χ0n) is 14.2. The van der Waals surface area contributed by atoms with E-state index in [1.54, 1.807) is 4.68 Å². The molecule has 0 spiro atoms. The Morgan fingerprint density at radius 3 is 2.55 bits per heavy atom. The number of fused-ring (bicyclic) bond motifs is 1. The number of rotatable bonds is 2. The Hall–Kier alpha value is -1.32. The van der Waals surface area contributed by atoms with Gasteiger partial charge in [0.05, 0.1) is 5.69 Å². The number of aryl methyl sites for hydroxylation is 1. The Labute approximate surface area is 133 Å². The molecule has 1 amide bonds. The molecule has 22 heavy (non-hydrogen) atoms. The van der Waals surface area contributed by atoms with Gasteiger partial charge in [0, 0.05) is 19.6 Å². The lowest BCUT2D eigenvalue weighted by Crippen LogP contribution is -2.45. The number of carbonyl (C=O) groups excluding carboxylic acids is 1. The molecule has 1 aliphatic heterocycles. The number of carbonyl (C=O) groups is 1. The minimum Gasteiger partial charge on any atom is -0.334 e. The van der Waals surface area contributed by atoms with Crippen molar-refractivity contribution < 1.29 is 4.79 Å². The SMILES string of the molecule is CC(C)c1cc(C(=O)N2CCCC[C@@H]3CCCC[C@@H]32)n(C)n1. The molecule has 1 saturated heterocycles. The van der Waals surface area contributed by atoms with Crippen LogP contribution < -0.4 is 0 Å². The molecule has 0 radical (unpaired) electrons. The van der Waals surface area contributed by atoms with Gasteiger partial charge in [0.15, 0.2) is 0 Å². The third kappa shape index (κ3) is 2.92. The molecule has 2 fully saturated rings. The van der Waals surface area contributed by atoms with Crippen LogP contribution in [0.5, 0.6) is 0 Å². The maximum Gasteiger partial charge on any atom is 0.272 e. The molecule has 122 valence electrons. The van der Waals surface area contributed by atoms with E-state index in [0.29, 0.717) is 12.0 Å². The Morgan fingerprint density at radius 2 is 1.86 bits per heavy atom. The van der Waals surface area contributed by atoms with Crippen LogP contribution in [0, 0.1) is 5.92 Å². The van der Waals surface area contributed by atoms with Crippen LogP contribution in [0.2, 0.25) is 0 Å². The minimum absolute atomic E-state index is 0.195. The lowest BCUT2D eigenvalue weighted by Gasteiger charge is -2.38. The van der Waals surface area contributed by atoms with Gasteiger partial charge in [-0.15, -0.1) is 0 Å². The number of hydrogen-bond donors (Lipinski definition) is 0. The molecule has 4 heteroatoms. The van der Waals surface area contributed by atoms with Gasteiger partial charge in [0.2, 0.25) is 0 Å². The van der Waals surface area contributed by atoms with Crippen molar-refractivity contribution in [2.24, 2.45) is 13.0 Å². The van der Waals surface area contributed by atoms with Crippen LogP contribution in [-0.4, -0.2) is 33.2 Å². The fraction of sp³-hybridized carbons (Fsp3) is 0.778. The summed E-state index contributed by atoms with van der Waals surface area (Å²) < 4.78 is 1.78. The van der Waals surface area contributed by atoms with Crippen LogP contribution in [0.15, 0.2) is 6.07 Å². The first-order chi connectivity index (χ1) is 10.6. The van der Waals surface area contributed by atoms with E-state index in [9.17, 15) is 4.79 Å². The van der Waals surface area contributed by atoms with Crippen molar-refractivity contribution in [1.82, 2.24) is 14.7 Å². The highest BCUT2D eigenvalue weighted by atomic mass is 16.2. The number of likely N-dealkylation sites (tertiary alicyclic amines) is 1. The van der Waals surface area contributed by atoms with Gasteiger partial charge in [-0.1, -0.05) is 33.1 Å². The molecule has 1 saturated carbocycles. The summed E-state index contributed by atoms with van der Waals surface area (Å²) in [6, 6.07) is 2.46. The van der Waals surface area contributed by atoms with Gasteiger partial charge in [-0.25, -0.2) is 0 Å². The summed E-state index contributed by atoms with van der Waals surface area (Å²) in [6.45, 7) is 5.17. The van der Waals surface area contributed by atoms with Crippen LogP contribution >= 0.6 is 0 Å². The Bertz CT molecular complexity index is 534. The standard InChI is InChI=1S/C18H29N3O/c1-13(2)15-12-17(20(3)19-15)18(22)21-11-7-6-9-14-8-4-5-10-16(14)21/h12-14,16H,4-11H2,1-3H3/t14-,16-/m0/s1. The summed E-state index contributed by atoms with van der Waals surface area (Å²) in [7, 11) is 1.90. The quantitative estimate of drug-likeness (QED) is 0.835. The van der Waals surface area contributed by atoms with E-state index in [4.69, 9.17) is 0 Å². The highest BCUT2D eigenvalue weighted by Crippen LogP contribution is 2.35. The molecule has 0 unspecified atom stereocenters. The van der Waals surface area contributed by atoms with Gasteiger partial charge >= 0.3 is 0 Å². The van der Waals surface area contributed by atoms with Crippen molar-refractivity contribution in [3.05, 3.63) is 17.5 Å². The maximum atomic E-state index is 13.1. The highest BCUT2D eigenvalue weighted by molar-refractivity contribution is 5.93. The van der Waals surface area contributed by atoms with Gasteiger partial charge in [-0.05, 0) is 43.6 Å². The molecule has 3 rings (SSSR count). The van der Waals surface area contributed by atoms with Crippen LogP contribution in [-0.2, 0) is 7.05 Å². The molecule has 0 N–H and O–H groups in total. The third-order valence-corrected chi connectivity index (χ3v) is 5.46. The molecule has 2 heterocycles. The predicted molar refractivity (Wildman–Crippen MR) is 87.9 cm³/mol. The van der Waals surface area contributed by atoms with Gasteiger partial charge < -0.3 is 4.90 Å². The zero-order valence-corrected chi connectivity index (χ0v) is 14.2. The average Bonchev–Trinajstić information content (AvgIpc) is 2.77. The van der Waals surface area contributed by atoms with E-state index in [1.165, 1.54) is 38.5 Å². The van der Waals surface area contributed by atoms with Crippen LogP contribution in [0.3, 0.4) is 0 Å². The fourth-order valence-electron chi connectivity index (χ4n) is 4.16. The third-order valence-electron chi connectivity index (χ3n) is 5.46. The molecular weight excluding hydrogens is 274 g/mol. The summed E-state index contributed by atoms with van der Waals surface area (Å²) in [6.07, 6.45) is 8.82. The van der Waals surface area contributed by atoms with Gasteiger partial charge in [-0.2, -0.15) is 5.10 Å². The van der Waals surface area contributed by atoms with Gasteiger partial charge in [0.1, 0.15) is 5.69 Å². The first-order valence-corrected chi connectivity index (χ1v) is 8.93. The van der Waals surface area contributed by atoms with Crippen molar-refractivity contribution in [3.8, 4) is 0 Å². The van der Waals surface area contributed by atoms with E-state index in [1.807, 2.05) is 13.1 Å². The summed E-state index contributed by atoms with van der Waals surface area (Å²) in [5.41, 5.74) is 1.77. The molecule has 1 aromatic rings. The number of nitrogens with zero attached hydrogens (tertiary/aromatic N) is 3. The van der Waals surface area contributed by atoms with E-state index in [0.717, 1.165) is 30.3 Å². The molecule has 0 aromatic carbocycles. The van der Waals surface area contributed by atoms with E-state index >= 15 is 0 Å². The number of amides is 1. The smallest absolute Gasteiger partial charge is 0.272 e. The largest absolute Gasteiger partial charge is 0.334 e. The van der Waals surface area contributed by atoms with Gasteiger partial charge in [0.25, 0.3) is 5.91 Å². The van der Waals surface area contributed by atoms with Crippen molar-refractivity contribution in [2.75, 3.05) is 6.54 Å². The van der Waals surface area contributed by atoms with Crippen molar-refractivity contribution in [3.63, 3.8) is 0 Å². The average molecular weight is 303 g/mol. The summed E-state index contributed by atoms with van der Waals surface area (Å²) >= 11 is 0. The normalized spacial score (nSPS) is 25.9. The summed E-state index contributed by atoms with van der Waals surface area (Å²) in [5, 5.41) is 4.52. The summed E-state index contributed by atoms with van der Waals surface area (Å²) in [4.78, 5) is 15.3. The topological polar surface area (TPSA) is 38.1 Å². The Kier molecular flexibility index (Phi) is 4.55. The molecule has 1 aromatic heterocycles. The second-order valence-corrected chi connectivity index (χ2v) is 7.34. The van der Waals surface area contributed by atoms with Crippen LogP contribution in [0.1, 0.15) is 80.9 Å². The highest BCUT2D eigenvalue weighted by Gasteiger charge is 2.35. The lowest BCUT2D eigenvalue weighted by atomic mass is 9.81. The summed E-state index contributed by atoms with van der Waals surface area (Å²) in [5.74, 6) is 1.28. The Morgan fingerprint density at radius 1 is 1.18 bits per heavy atom. The first-order valence-electron chi connectivity index (χ1n) is 8.93.